The third-order valence-corrected chi connectivity index (χ3v) is 3.78. The number of ether oxygens (including phenoxy) is 1. The Morgan fingerprint density at radius 3 is 2.55 bits per heavy atom. The second kappa shape index (κ2) is 7.09. The molecule has 0 unspecified atom stereocenters. The van der Waals surface area contributed by atoms with Crippen LogP contribution in [0.2, 0.25) is 0 Å². The zero-order chi connectivity index (χ0) is 14.5. The lowest BCUT2D eigenvalue weighted by molar-refractivity contribution is -0.00524. The zero-order valence-electron chi connectivity index (χ0n) is 13.3. The largest absolute Gasteiger partial charge is 0.372 e. The maximum absolute atomic E-state index is 5.82. The van der Waals surface area contributed by atoms with Gasteiger partial charge in [-0.3, -0.25) is 0 Å². The summed E-state index contributed by atoms with van der Waals surface area (Å²) in [5, 5.41) is 3.46. The van der Waals surface area contributed by atoms with Crippen LogP contribution in [-0.4, -0.2) is 31.8 Å². The first-order valence-corrected chi connectivity index (χ1v) is 7.80. The molecule has 1 fully saturated rings. The van der Waals surface area contributed by atoms with E-state index in [4.69, 9.17) is 4.74 Å². The predicted molar refractivity (Wildman–Crippen MR) is 85.4 cm³/mol. The lowest BCUT2D eigenvalue weighted by atomic mass is 10.1. The molecule has 3 nitrogen and oxygen atoms in total. The molecule has 1 aliphatic rings. The molecule has 20 heavy (non-hydrogen) atoms. The molecule has 2 atom stereocenters. The summed E-state index contributed by atoms with van der Waals surface area (Å²) in [6.45, 7) is 12.7. The minimum atomic E-state index is 0.309. The highest BCUT2D eigenvalue weighted by atomic mass is 16.5. The fourth-order valence-electron chi connectivity index (χ4n) is 2.97. The Morgan fingerprint density at radius 2 is 1.95 bits per heavy atom. The van der Waals surface area contributed by atoms with E-state index in [9.17, 15) is 0 Å². The SMILES string of the molecule is CCCNCc1ccc(N2C[C@@H](C)O[C@@H](C)C2)c(C)c1. The molecule has 1 N–H and O–H groups in total. The van der Waals surface area contributed by atoms with Gasteiger partial charge in [-0.05, 0) is 50.9 Å². The summed E-state index contributed by atoms with van der Waals surface area (Å²) in [5.41, 5.74) is 4.09. The van der Waals surface area contributed by atoms with Crippen molar-refractivity contribution >= 4 is 5.69 Å². The molecule has 3 heteroatoms. The minimum Gasteiger partial charge on any atom is -0.372 e. The van der Waals surface area contributed by atoms with Gasteiger partial charge in [-0.25, -0.2) is 0 Å². The number of hydrogen-bond donors (Lipinski definition) is 1. The Balaban J connectivity index is 2.05. The van der Waals surface area contributed by atoms with Crippen molar-refractivity contribution < 1.29 is 4.74 Å². The Hall–Kier alpha value is -1.06. The summed E-state index contributed by atoms with van der Waals surface area (Å²) in [4.78, 5) is 2.46. The van der Waals surface area contributed by atoms with E-state index in [1.165, 1.54) is 23.2 Å². The molecule has 1 aromatic rings. The Kier molecular flexibility index (Phi) is 5.44. The number of anilines is 1. The van der Waals surface area contributed by atoms with Crippen LogP contribution in [0.1, 0.15) is 38.3 Å². The standard InChI is InChI=1S/C17H28N2O/c1-5-8-18-10-16-6-7-17(13(2)9-16)19-11-14(3)20-15(4)12-19/h6-7,9,14-15,18H,5,8,10-12H2,1-4H3/t14-,15+. The number of rotatable bonds is 5. The summed E-state index contributed by atoms with van der Waals surface area (Å²) >= 11 is 0. The van der Waals surface area contributed by atoms with Crippen molar-refractivity contribution in [2.24, 2.45) is 0 Å². The molecule has 0 aromatic heterocycles. The van der Waals surface area contributed by atoms with Gasteiger partial charge in [0.2, 0.25) is 0 Å². The Labute approximate surface area is 123 Å². The molecule has 1 heterocycles. The maximum Gasteiger partial charge on any atom is 0.0726 e. The molecule has 0 spiro atoms. The molecule has 1 aromatic carbocycles. The van der Waals surface area contributed by atoms with Gasteiger partial charge >= 0.3 is 0 Å². The van der Waals surface area contributed by atoms with Crippen LogP contribution < -0.4 is 10.2 Å². The first-order valence-electron chi connectivity index (χ1n) is 7.80. The highest BCUT2D eigenvalue weighted by Gasteiger charge is 2.23. The number of aryl methyl sites for hydroxylation is 1. The van der Waals surface area contributed by atoms with Crippen molar-refractivity contribution in [2.75, 3.05) is 24.5 Å². The van der Waals surface area contributed by atoms with E-state index in [2.05, 4.69) is 56.1 Å². The maximum atomic E-state index is 5.82. The van der Waals surface area contributed by atoms with Gasteiger partial charge < -0.3 is 15.0 Å². The lowest BCUT2D eigenvalue weighted by Crippen LogP contribution is -2.45. The summed E-state index contributed by atoms with van der Waals surface area (Å²) < 4.78 is 5.82. The van der Waals surface area contributed by atoms with Crippen LogP contribution in [0.25, 0.3) is 0 Å². The quantitative estimate of drug-likeness (QED) is 0.836. The monoisotopic (exact) mass is 276 g/mol. The van der Waals surface area contributed by atoms with Crippen LogP contribution in [-0.2, 0) is 11.3 Å². The van der Waals surface area contributed by atoms with E-state index in [-0.39, 0.29) is 0 Å². The summed E-state index contributed by atoms with van der Waals surface area (Å²) in [7, 11) is 0. The number of hydrogen-bond acceptors (Lipinski definition) is 3. The van der Waals surface area contributed by atoms with Crippen LogP contribution >= 0.6 is 0 Å². The fraction of sp³-hybridized carbons (Fsp3) is 0.647. The molecule has 0 amide bonds. The van der Waals surface area contributed by atoms with Crippen molar-refractivity contribution in [2.45, 2.75) is 52.9 Å². The first kappa shape index (κ1) is 15.3. The van der Waals surface area contributed by atoms with E-state index in [0.29, 0.717) is 12.2 Å². The van der Waals surface area contributed by atoms with Crippen molar-refractivity contribution in [1.82, 2.24) is 5.32 Å². The van der Waals surface area contributed by atoms with Gasteiger partial charge in [0.05, 0.1) is 12.2 Å². The minimum absolute atomic E-state index is 0.309. The topological polar surface area (TPSA) is 24.5 Å². The molecule has 0 saturated carbocycles. The highest BCUT2D eigenvalue weighted by Crippen LogP contribution is 2.25. The Bertz CT molecular complexity index is 423. The predicted octanol–water partition coefficient (Wildman–Crippen LogP) is 3.11. The van der Waals surface area contributed by atoms with Crippen molar-refractivity contribution in [3.63, 3.8) is 0 Å². The van der Waals surface area contributed by atoms with Crippen molar-refractivity contribution in [3.05, 3.63) is 29.3 Å². The zero-order valence-corrected chi connectivity index (χ0v) is 13.3. The second-order valence-corrected chi connectivity index (χ2v) is 5.96. The Morgan fingerprint density at radius 1 is 1.25 bits per heavy atom. The second-order valence-electron chi connectivity index (χ2n) is 5.96. The smallest absolute Gasteiger partial charge is 0.0726 e. The molecule has 0 radical (unpaired) electrons. The number of benzene rings is 1. The normalized spacial score (nSPS) is 23.1. The number of nitrogens with one attached hydrogen (secondary N) is 1. The van der Waals surface area contributed by atoms with Crippen LogP contribution in [0.3, 0.4) is 0 Å². The van der Waals surface area contributed by atoms with Crippen LogP contribution in [0.5, 0.6) is 0 Å². The van der Waals surface area contributed by atoms with Gasteiger partial charge in [-0.2, -0.15) is 0 Å². The molecule has 1 saturated heterocycles. The average Bonchev–Trinajstić information content (AvgIpc) is 2.38. The van der Waals surface area contributed by atoms with Crippen LogP contribution in [0.15, 0.2) is 18.2 Å². The van der Waals surface area contributed by atoms with Crippen molar-refractivity contribution in [3.8, 4) is 0 Å². The number of nitrogens with zero attached hydrogens (tertiary/aromatic N) is 1. The van der Waals surface area contributed by atoms with E-state index < -0.39 is 0 Å². The summed E-state index contributed by atoms with van der Waals surface area (Å²) in [5.74, 6) is 0. The van der Waals surface area contributed by atoms with Gasteiger partial charge in [0.25, 0.3) is 0 Å². The van der Waals surface area contributed by atoms with Crippen molar-refractivity contribution in [1.29, 1.82) is 0 Å². The van der Waals surface area contributed by atoms with E-state index >= 15 is 0 Å². The van der Waals surface area contributed by atoms with Gasteiger partial charge in [-0.15, -0.1) is 0 Å². The van der Waals surface area contributed by atoms with Crippen LogP contribution in [0, 0.1) is 6.92 Å². The summed E-state index contributed by atoms with van der Waals surface area (Å²) in [6.07, 6.45) is 1.80. The van der Waals surface area contributed by atoms with Gasteiger partial charge in [-0.1, -0.05) is 19.1 Å². The highest BCUT2D eigenvalue weighted by molar-refractivity contribution is 5.55. The van der Waals surface area contributed by atoms with E-state index in [1.807, 2.05) is 0 Å². The van der Waals surface area contributed by atoms with E-state index in [0.717, 1.165) is 26.2 Å². The number of morpholine rings is 1. The third kappa shape index (κ3) is 3.97. The summed E-state index contributed by atoms with van der Waals surface area (Å²) in [6, 6.07) is 6.82. The molecular formula is C17H28N2O. The molecule has 0 aliphatic carbocycles. The fourth-order valence-corrected chi connectivity index (χ4v) is 2.97. The molecule has 2 rings (SSSR count). The lowest BCUT2D eigenvalue weighted by Gasteiger charge is -2.37. The van der Waals surface area contributed by atoms with Crippen LogP contribution in [0.4, 0.5) is 5.69 Å². The van der Waals surface area contributed by atoms with Gasteiger partial charge in [0.15, 0.2) is 0 Å². The molecule has 0 bridgehead atoms. The van der Waals surface area contributed by atoms with Gasteiger partial charge in [0, 0.05) is 25.3 Å². The average molecular weight is 276 g/mol. The first-order chi connectivity index (χ1) is 9.60. The van der Waals surface area contributed by atoms with Gasteiger partial charge in [0.1, 0.15) is 0 Å². The molecule has 112 valence electrons. The molecular weight excluding hydrogens is 248 g/mol. The van der Waals surface area contributed by atoms with E-state index in [1.54, 1.807) is 0 Å². The molecule has 1 aliphatic heterocycles. The third-order valence-electron chi connectivity index (χ3n) is 3.78.